The molecular weight excluding hydrogens is 466 g/mol. The van der Waals surface area contributed by atoms with Gasteiger partial charge in [0.05, 0.1) is 7.11 Å². The van der Waals surface area contributed by atoms with E-state index in [-0.39, 0.29) is 5.78 Å². The molecule has 186 valence electrons. The minimum atomic E-state index is 0.0355. The first-order chi connectivity index (χ1) is 17.6. The number of methoxy groups -OCH3 is 1. The Morgan fingerprint density at radius 1 is 1.08 bits per heavy atom. The van der Waals surface area contributed by atoms with E-state index in [1.807, 2.05) is 60.7 Å². The number of hydrogen-bond acceptors (Lipinski definition) is 5. The fraction of sp³-hybridized carbons (Fsp3) is 0.323. The normalized spacial score (nSPS) is 18.2. The molecule has 2 aromatic carbocycles. The zero-order valence-electron chi connectivity index (χ0n) is 21.0. The van der Waals surface area contributed by atoms with E-state index in [9.17, 15) is 4.79 Å². The van der Waals surface area contributed by atoms with Crippen molar-refractivity contribution in [2.75, 3.05) is 33.4 Å². The van der Waals surface area contributed by atoms with Crippen LogP contribution in [0.25, 0.3) is 15.7 Å². The zero-order chi connectivity index (χ0) is 24.9. The molecule has 0 spiro atoms. The molecule has 2 heterocycles. The minimum absolute atomic E-state index is 0.0355. The van der Waals surface area contributed by atoms with Crippen LogP contribution < -0.4 is 9.47 Å². The van der Waals surface area contributed by atoms with Crippen LogP contribution in [0.15, 0.2) is 72.8 Å². The van der Waals surface area contributed by atoms with E-state index < -0.39 is 0 Å². The molecule has 0 radical (unpaired) electrons. The molecule has 0 saturated carbocycles. The first kappa shape index (κ1) is 24.5. The zero-order valence-corrected chi connectivity index (χ0v) is 21.9. The average Bonchev–Trinajstić information content (AvgIpc) is 3.06. The van der Waals surface area contributed by atoms with Gasteiger partial charge in [-0.1, -0.05) is 37.3 Å². The summed E-state index contributed by atoms with van der Waals surface area (Å²) in [6.07, 6.45) is 13.7. The number of hydrogen-bond donors (Lipinski definition) is 0. The Hall–Kier alpha value is -3.15. The Morgan fingerprint density at radius 2 is 1.92 bits per heavy atom. The number of thiophene rings is 1. The van der Waals surface area contributed by atoms with E-state index in [1.165, 1.54) is 12.8 Å². The van der Waals surface area contributed by atoms with Crippen molar-refractivity contribution in [1.82, 2.24) is 4.90 Å². The molecule has 0 amide bonds. The maximum absolute atomic E-state index is 13.9. The van der Waals surface area contributed by atoms with Crippen molar-refractivity contribution in [3.63, 3.8) is 0 Å². The quantitative estimate of drug-likeness (QED) is 0.309. The molecule has 1 fully saturated rings. The number of allylic oxidation sites excluding steroid dienone is 6. The van der Waals surface area contributed by atoms with E-state index in [1.54, 1.807) is 18.4 Å². The summed E-state index contributed by atoms with van der Waals surface area (Å²) >= 11 is 1.65. The molecular formula is C31H33NO3S. The Labute approximate surface area is 217 Å². The predicted octanol–water partition coefficient (Wildman–Crippen LogP) is 7.15. The standard InChI is InChI=1S/C31H33NO3S/c1-22-8-7-17-32(21-22)18-19-35-25-13-11-23(12-14-25)30(33)29-27-16-15-26(34-2)20-28(27)36-31(29)24-9-5-3-4-6-10-24/h3-6,9,11-16,20,22H,7-8,10,17-19,21H2,1-2H3. The highest BCUT2D eigenvalue weighted by molar-refractivity contribution is 7.20. The summed E-state index contributed by atoms with van der Waals surface area (Å²) in [5, 5.41) is 0.968. The van der Waals surface area contributed by atoms with Crippen molar-refractivity contribution >= 4 is 32.8 Å². The fourth-order valence-electron chi connectivity index (χ4n) is 5.03. The second kappa shape index (κ2) is 11.3. The SMILES string of the molecule is COc1ccc2c(C(=O)c3ccc(OCCN4CCCC(C)C4)cc3)c(C3=CC=CC=CC3)sc2c1. The Kier molecular flexibility index (Phi) is 7.69. The third-order valence-electron chi connectivity index (χ3n) is 6.94. The number of fused-ring (bicyclic) bond motifs is 1. The monoisotopic (exact) mass is 499 g/mol. The van der Waals surface area contributed by atoms with Gasteiger partial charge in [0.25, 0.3) is 0 Å². The second-order valence-electron chi connectivity index (χ2n) is 9.63. The van der Waals surface area contributed by atoms with Gasteiger partial charge in [0.15, 0.2) is 5.78 Å². The number of piperidine rings is 1. The first-order valence-corrected chi connectivity index (χ1v) is 13.6. The molecule has 1 aromatic heterocycles. The Balaban J connectivity index is 1.37. The van der Waals surface area contributed by atoms with Crippen LogP contribution >= 0.6 is 11.3 Å². The Bertz CT molecular complexity index is 1320. The van der Waals surface area contributed by atoms with Gasteiger partial charge in [0.2, 0.25) is 0 Å². The van der Waals surface area contributed by atoms with E-state index >= 15 is 0 Å². The van der Waals surface area contributed by atoms with Crippen LogP contribution in [0.4, 0.5) is 0 Å². The minimum Gasteiger partial charge on any atom is -0.497 e. The summed E-state index contributed by atoms with van der Waals surface area (Å²) in [6, 6.07) is 13.6. The topological polar surface area (TPSA) is 38.8 Å². The first-order valence-electron chi connectivity index (χ1n) is 12.8. The molecule has 4 nitrogen and oxygen atoms in total. The highest BCUT2D eigenvalue weighted by Crippen LogP contribution is 2.40. The molecule has 3 aromatic rings. The molecule has 5 heteroatoms. The lowest BCUT2D eigenvalue weighted by molar-refractivity contribution is 0.104. The van der Waals surface area contributed by atoms with Crippen LogP contribution in [0.2, 0.25) is 0 Å². The van der Waals surface area contributed by atoms with Gasteiger partial charge in [0.1, 0.15) is 18.1 Å². The number of rotatable bonds is 8. The van der Waals surface area contributed by atoms with Gasteiger partial charge in [-0.3, -0.25) is 9.69 Å². The molecule has 0 N–H and O–H groups in total. The number of ether oxygens (including phenoxy) is 2. The van der Waals surface area contributed by atoms with Crippen LogP contribution in [-0.4, -0.2) is 44.0 Å². The van der Waals surface area contributed by atoms with Crippen LogP contribution in [0, 0.1) is 5.92 Å². The van der Waals surface area contributed by atoms with Crippen LogP contribution in [-0.2, 0) is 0 Å². The van der Waals surface area contributed by atoms with Gasteiger partial charge < -0.3 is 9.47 Å². The smallest absolute Gasteiger partial charge is 0.195 e. The predicted molar refractivity (Wildman–Crippen MR) is 149 cm³/mol. The fourth-order valence-corrected chi connectivity index (χ4v) is 6.29. The average molecular weight is 500 g/mol. The summed E-state index contributed by atoms with van der Waals surface area (Å²) in [6.45, 7) is 6.24. The molecule has 1 aliphatic heterocycles. The summed E-state index contributed by atoms with van der Waals surface area (Å²) in [5.74, 6) is 2.40. The van der Waals surface area contributed by atoms with Crippen molar-refractivity contribution in [2.24, 2.45) is 5.92 Å². The lowest BCUT2D eigenvalue weighted by Gasteiger charge is -2.30. The molecule has 36 heavy (non-hydrogen) atoms. The maximum atomic E-state index is 13.9. The van der Waals surface area contributed by atoms with Crippen molar-refractivity contribution in [2.45, 2.75) is 26.2 Å². The van der Waals surface area contributed by atoms with Crippen LogP contribution in [0.5, 0.6) is 11.5 Å². The van der Waals surface area contributed by atoms with Gasteiger partial charge in [-0.05, 0) is 79.8 Å². The number of carbonyl (C=O) groups excluding carboxylic acids is 1. The second-order valence-corrected chi connectivity index (χ2v) is 10.7. The highest BCUT2D eigenvalue weighted by Gasteiger charge is 2.23. The van der Waals surface area contributed by atoms with E-state index in [0.29, 0.717) is 12.2 Å². The molecule has 1 atom stereocenters. The number of ketones is 1. The van der Waals surface area contributed by atoms with Crippen LogP contribution in [0.1, 0.15) is 47.0 Å². The van der Waals surface area contributed by atoms with Gasteiger partial charge in [-0.15, -0.1) is 11.3 Å². The van der Waals surface area contributed by atoms with E-state index in [0.717, 1.165) is 69.6 Å². The lowest BCUT2D eigenvalue weighted by atomic mass is 9.96. The van der Waals surface area contributed by atoms with Gasteiger partial charge in [-0.2, -0.15) is 0 Å². The van der Waals surface area contributed by atoms with Gasteiger partial charge in [-0.25, -0.2) is 0 Å². The van der Waals surface area contributed by atoms with Crippen molar-refractivity contribution in [3.05, 3.63) is 88.8 Å². The molecule has 1 saturated heterocycles. The van der Waals surface area contributed by atoms with E-state index in [4.69, 9.17) is 9.47 Å². The molecule has 5 rings (SSSR count). The maximum Gasteiger partial charge on any atom is 0.195 e. The summed E-state index contributed by atoms with van der Waals surface area (Å²) in [5.41, 5.74) is 2.58. The third-order valence-corrected chi connectivity index (χ3v) is 8.17. The number of benzene rings is 2. The summed E-state index contributed by atoms with van der Waals surface area (Å²) < 4.78 is 12.5. The largest absolute Gasteiger partial charge is 0.497 e. The van der Waals surface area contributed by atoms with Crippen molar-refractivity contribution in [3.8, 4) is 11.5 Å². The van der Waals surface area contributed by atoms with E-state index in [2.05, 4.69) is 24.0 Å². The number of carbonyl (C=O) groups is 1. The number of likely N-dealkylation sites (tertiary alicyclic amines) is 1. The van der Waals surface area contributed by atoms with Gasteiger partial charge in [0, 0.05) is 39.2 Å². The Morgan fingerprint density at radius 3 is 2.72 bits per heavy atom. The number of nitrogens with zero attached hydrogens (tertiary/aromatic N) is 1. The molecule has 1 unspecified atom stereocenters. The molecule has 2 aliphatic rings. The highest BCUT2D eigenvalue weighted by atomic mass is 32.1. The lowest BCUT2D eigenvalue weighted by Crippen LogP contribution is -2.37. The van der Waals surface area contributed by atoms with Crippen molar-refractivity contribution in [1.29, 1.82) is 0 Å². The van der Waals surface area contributed by atoms with Crippen LogP contribution in [0.3, 0.4) is 0 Å². The molecule has 1 aliphatic carbocycles. The third kappa shape index (κ3) is 5.48. The summed E-state index contributed by atoms with van der Waals surface area (Å²) in [4.78, 5) is 17.4. The summed E-state index contributed by atoms with van der Waals surface area (Å²) in [7, 11) is 1.67. The van der Waals surface area contributed by atoms with Crippen molar-refractivity contribution < 1.29 is 14.3 Å². The molecule has 0 bridgehead atoms. The van der Waals surface area contributed by atoms with Gasteiger partial charge >= 0.3 is 0 Å².